The molecule has 0 spiro atoms. The normalized spacial score (nSPS) is 12.2. The average Bonchev–Trinajstić information content (AvgIpc) is 2.37. The summed E-state index contributed by atoms with van der Waals surface area (Å²) in [6.45, 7) is 1.61. The van der Waals surface area contributed by atoms with Crippen LogP contribution in [-0.4, -0.2) is 11.7 Å². The molecule has 19 heavy (non-hydrogen) atoms. The summed E-state index contributed by atoms with van der Waals surface area (Å²) >= 11 is 0. The predicted molar refractivity (Wildman–Crippen MR) is 71.0 cm³/mol. The summed E-state index contributed by atoms with van der Waals surface area (Å²) in [4.78, 5) is 0. The van der Waals surface area contributed by atoms with Crippen molar-refractivity contribution in [2.24, 2.45) is 0 Å². The molecule has 0 saturated carbocycles. The molecule has 0 heterocycles. The highest BCUT2D eigenvalue weighted by molar-refractivity contribution is 5.46. The Morgan fingerprint density at radius 1 is 1.11 bits per heavy atom. The second-order valence-corrected chi connectivity index (χ2v) is 4.39. The average molecular weight is 263 g/mol. The number of aliphatic hydroxyl groups is 1. The Morgan fingerprint density at radius 3 is 2.47 bits per heavy atom. The molecular weight excluding hydrogens is 248 g/mol. The van der Waals surface area contributed by atoms with E-state index >= 15 is 0 Å². The molecule has 0 radical (unpaired) electrons. The monoisotopic (exact) mass is 263 g/mol. The van der Waals surface area contributed by atoms with Gasteiger partial charge in [-0.1, -0.05) is 12.1 Å². The first-order valence-corrected chi connectivity index (χ1v) is 5.99. The Labute approximate surface area is 110 Å². The van der Waals surface area contributed by atoms with Crippen LogP contribution in [0.5, 0.6) is 0 Å². The van der Waals surface area contributed by atoms with Gasteiger partial charge in [0.25, 0.3) is 0 Å². The first-order chi connectivity index (χ1) is 9.10. The summed E-state index contributed by atoms with van der Waals surface area (Å²) in [7, 11) is 0. The molecule has 1 unspecified atom stereocenters. The fourth-order valence-corrected chi connectivity index (χ4v) is 2.03. The lowest BCUT2D eigenvalue weighted by molar-refractivity contribution is 0.276. The van der Waals surface area contributed by atoms with Crippen LogP contribution in [0.1, 0.15) is 17.2 Å². The fourth-order valence-electron chi connectivity index (χ4n) is 2.03. The molecule has 0 saturated heterocycles. The van der Waals surface area contributed by atoms with Gasteiger partial charge in [0.1, 0.15) is 11.6 Å². The van der Waals surface area contributed by atoms with Crippen LogP contribution in [0, 0.1) is 18.6 Å². The molecule has 2 nitrogen and oxygen atoms in total. The number of hydrogen-bond donors (Lipinski definition) is 2. The lowest BCUT2D eigenvalue weighted by atomic mass is 10.0. The van der Waals surface area contributed by atoms with E-state index in [1.54, 1.807) is 25.1 Å². The van der Waals surface area contributed by atoms with Crippen molar-refractivity contribution >= 4 is 5.69 Å². The molecule has 2 N–H and O–H groups in total. The van der Waals surface area contributed by atoms with Gasteiger partial charge in [0.2, 0.25) is 0 Å². The third kappa shape index (κ3) is 3.29. The van der Waals surface area contributed by atoms with Gasteiger partial charge < -0.3 is 10.4 Å². The van der Waals surface area contributed by atoms with Crippen molar-refractivity contribution in [1.29, 1.82) is 0 Å². The lowest BCUT2D eigenvalue weighted by Gasteiger charge is -2.20. The lowest BCUT2D eigenvalue weighted by Crippen LogP contribution is -2.16. The first-order valence-electron chi connectivity index (χ1n) is 5.99. The summed E-state index contributed by atoms with van der Waals surface area (Å²) in [6, 6.07) is 9.97. The molecule has 100 valence electrons. The highest BCUT2D eigenvalue weighted by atomic mass is 19.1. The van der Waals surface area contributed by atoms with Gasteiger partial charge >= 0.3 is 0 Å². The van der Waals surface area contributed by atoms with Gasteiger partial charge in [-0.3, -0.25) is 0 Å². The molecule has 0 aromatic heterocycles. The Hall–Kier alpha value is -1.94. The third-order valence-corrected chi connectivity index (χ3v) is 2.96. The molecule has 1 atom stereocenters. The molecule has 0 amide bonds. The fraction of sp³-hybridized carbons (Fsp3) is 0.200. The Bertz CT molecular complexity index is 572. The number of aryl methyl sites for hydroxylation is 1. The third-order valence-electron chi connectivity index (χ3n) is 2.96. The van der Waals surface area contributed by atoms with E-state index in [-0.39, 0.29) is 18.2 Å². The van der Waals surface area contributed by atoms with Crippen molar-refractivity contribution in [3.05, 3.63) is 65.2 Å². The van der Waals surface area contributed by atoms with Crippen LogP contribution in [0.2, 0.25) is 0 Å². The number of rotatable bonds is 4. The second-order valence-electron chi connectivity index (χ2n) is 4.39. The zero-order valence-corrected chi connectivity index (χ0v) is 10.5. The van der Waals surface area contributed by atoms with Crippen molar-refractivity contribution in [2.45, 2.75) is 13.0 Å². The van der Waals surface area contributed by atoms with Crippen LogP contribution in [0.3, 0.4) is 0 Å². The number of halogens is 2. The number of anilines is 1. The van der Waals surface area contributed by atoms with Crippen LogP contribution < -0.4 is 5.32 Å². The maximum Gasteiger partial charge on any atom is 0.125 e. The predicted octanol–water partition coefficient (Wildman–Crippen LogP) is 3.42. The first kappa shape index (κ1) is 13.5. The maximum atomic E-state index is 13.1. The van der Waals surface area contributed by atoms with Gasteiger partial charge in [0.15, 0.2) is 0 Å². The number of benzene rings is 2. The van der Waals surface area contributed by atoms with Crippen molar-refractivity contribution in [1.82, 2.24) is 0 Å². The summed E-state index contributed by atoms with van der Waals surface area (Å²) in [6.07, 6.45) is 0. The van der Waals surface area contributed by atoms with Crippen molar-refractivity contribution in [3.63, 3.8) is 0 Å². The van der Waals surface area contributed by atoms with Crippen LogP contribution in [-0.2, 0) is 0 Å². The van der Waals surface area contributed by atoms with Crippen LogP contribution in [0.4, 0.5) is 14.5 Å². The van der Waals surface area contributed by atoms with E-state index in [1.165, 1.54) is 24.3 Å². The Morgan fingerprint density at radius 2 is 1.84 bits per heavy atom. The molecule has 0 aliphatic carbocycles. The Balaban J connectivity index is 2.25. The summed E-state index contributed by atoms with van der Waals surface area (Å²) in [5, 5.41) is 12.5. The quantitative estimate of drug-likeness (QED) is 0.886. The molecule has 4 heteroatoms. The molecule has 2 aromatic carbocycles. The van der Waals surface area contributed by atoms with Gasteiger partial charge in [-0.25, -0.2) is 8.78 Å². The van der Waals surface area contributed by atoms with Gasteiger partial charge in [0.05, 0.1) is 12.6 Å². The van der Waals surface area contributed by atoms with Gasteiger partial charge in [-0.05, 0) is 48.4 Å². The molecule has 2 aromatic rings. The SMILES string of the molecule is Cc1cc(F)ccc1C(CO)Nc1cccc(F)c1. The molecule has 0 bridgehead atoms. The zero-order chi connectivity index (χ0) is 13.8. The van der Waals surface area contributed by atoms with Crippen molar-refractivity contribution in [3.8, 4) is 0 Å². The maximum absolute atomic E-state index is 13.1. The summed E-state index contributed by atoms with van der Waals surface area (Å²) in [5.74, 6) is -0.666. The number of nitrogens with one attached hydrogen (secondary N) is 1. The van der Waals surface area contributed by atoms with Crippen LogP contribution in [0.25, 0.3) is 0 Å². The molecule has 2 rings (SSSR count). The van der Waals surface area contributed by atoms with Gasteiger partial charge in [-0.15, -0.1) is 0 Å². The minimum Gasteiger partial charge on any atom is -0.394 e. The summed E-state index contributed by atoms with van der Waals surface area (Å²) < 4.78 is 26.2. The van der Waals surface area contributed by atoms with E-state index in [0.29, 0.717) is 5.69 Å². The van der Waals surface area contributed by atoms with E-state index in [0.717, 1.165) is 11.1 Å². The minimum absolute atomic E-state index is 0.164. The van der Waals surface area contributed by atoms with E-state index in [9.17, 15) is 13.9 Å². The number of hydrogen-bond acceptors (Lipinski definition) is 2. The largest absolute Gasteiger partial charge is 0.394 e. The van der Waals surface area contributed by atoms with Crippen LogP contribution in [0.15, 0.2) is 42.5 Å². The van der Waals surface area contributed by atoms with E-state index in [4.69, 9.17) is 0 Å². The van der Waals surface area contributed by atoms with Crippen LogP contribution >= 0.6 is 0 Å². The number of aliphatic hydroxyl groups excluding tert-OH is 1. The van der Waals surface area contributed by atoms with E-state index in [1.807, 2.05) is 0 Å². The second kappa shape index (κ2) is 5.80. The standard InChI is InChI=1S/C15H15F2NO/c1-10-7-12(17)5-6-14(10)15(9-19)18-13-4-2-3-11(16)8-13/h2-8,15,18-19H,9H2,1H3. The highest BCUT2D eigenvalue weighted by Crippen LogP contribution is 2.23. The molecule has 0 aliphatic rings. The zero-order valence-electron chi connectivity index (χ0n) is 10.5. The molecule has 0 aliphatic heterocycles. The van der Waals surface area contributed by atoms with Crippen molar-refractivity contribution < 1.29 is 13.9 Å². The molecular formula is C15H15F2NO. The smallest absolute Gasteiger partial charge is 0.125 e. The van der Waals surface area contributed by atoms with Gasteiger partial charge in [-0.2, -0.15) is 0 Å². The topological polar surface area (TPSA) is 32.3 Å². The minimum atomic E-state index is -0.401. The molecule has 0 fully saturated rings. The van der Waals surface area contributed by atoms with E-state index in [2.05, 4.69) is 5.32 Å². The summed E-state index contributed by atoms with van der Waals surface area (Å²) in [5.41, 5.74) is 2.10. The van der Waals surface area contributed by atoms with Gasteiger partial charge in [0, 0.05) is 5.69 Å². The highest BCUT2D eigenvalue weighted by Gasteiger charge is 2.13. The van der Waals surface area contributed by atoms with E-state index < -0.39 is 6.04 Å². The van der Waals surface area contributed by atoms with Crippen molar-refractivity contribution in [2.75, 3.05) is 11.9 Å². The Kier molecular flexibility index (Phi) is 4.12.